The summed E-state index contributed by atoms with van der Waals surface area (Å²) in [6, 6.07) is 11.9. The van der Waals surface area contributed by atoms with Crippen LogP contribution in [0.4, 0.5) is 0 Å². The highest BCUT2D eigenvalue weighted by Crippen LogP contribution is 2.33. The second-order valence-electron chi connectivity index (χ2n) is 6.81. The molecule has 0 aliphatic heterocycles. The van der Waals surface area contributed by atoms with E-state index in [-0.39, 0.29) is 30.2 Å². The lowest BCUT2D eigenvalue weighted by Gasteiger charge is -2.30. The van der Waals surface area contributed by atoms with Crippen molar-refractivity contribution >= 4 is 29.7 Å². The fraction of sp³-hybridized carbons (Fsp3) is 0.450. The number of carbonyl (C=O) groups is 1. The molecule has 2 aromatic rings. The van der Waals surface area contributed by atoms with Crippen LogP contribution in [-0.4, -0.2) is 29.0 Å². The zero-order valence-corrected chi connectivity index (χ0v) is 16.4. The van der Waals surface area contributed by atoms with E-state index in [9.17, 15) is 9.90 Å². The average Bonchev–Trinajstić information content (AvgIpc) is 3.32. The fourth-order valence-electron chi connectivity index (χ4n) is 3.69. The Labute approximate surface area is 165 Å². The maximum absolute atomic E-state index is 13.2. The molecule has 1 unspecified atom stereocenters. The van der Waals surface area contributed by atoms with Crippen molar-refractivity contribution in [2.75, 3.05) is 13.1 Å². The summed E-state index contributed by atoms with van der Waals surface area (Å²) in [7, 11) is 0. The van der Waals surface area contributed by atoms with Crippen LogP contribution in [0.15, 0.2) is 47.2 Å². The summed E-state index contributed by atoms with van der Waals surface area (Å²) in [5.41, 5.74) is 7.83. The van der Waals surface area contributed by atoms with Crippen molar-refractivity contribution in [3.05, 3.63) is 58.3 Å². The number of aliphatic hydroxyl groups excluding tert-OH is 1. The Morgan fingerprint density at radius 1 is 1.27 bits per heavy atom. The number of rotatable bonds is 7. The van der Waals surface area contributed by atoms with Crippen molar-refractivity contribution < 1.29 is 9.90 Å². The molecule has 1 fully saturated rings. The highest BCUT2D eigenvalue weighted by atomic mass is 35.5. The molecule has 1 heterocycles. The van der Waals surface area contributed by atoms with Crippen LogP contribution >= 0.6 is 23.7 Å². The van der Waals surface area contributed by atoms with Crippen LogP contribution in [0.25, 0.3) is 0 Å². The number of benzene rings is 1. The minimum absolute atomic E-state index is 0. The Bertz CT molecular complexity index is 666. The van der Waals surface area contributed by atoms with E-state index in [1.807, 2.05) is 52.1 Å². The van der Waals surface area contributed by atoms with E-state index in [1.165, 1.54) is 0 Å². The number of amides is 1. The van der Waals surface area contributed by atoms with Gasteiger partial charge in [0.1, 0.15) is 0 Å². The van der Waals surface area contributed by atoms with Crippen LogP contribution < -0.4 is 5.73 Å². The summed E-state index contributed by atoms with van der Waals surface area (Å²) in [6.45, 7) is 1.40. The number of thiophene rings is 1. The standard InChI is InChI=1S/C20H26N2O2S.ClH/c21-11-16-7-4-8-18(16)20(24)22(12-15-5-2-1-3-6-15)13-19(23)17-9-10-25-14-17;/h1-3,5-6,9-10,14,16,18-19,23H,4,7-8,11-13,21H2;1H/t16-,18-,19?;/m1./s1. The molecular weight excluding hydrogens is 368 g/mol. The molecule has 0 bridgehead atoms. The number of hydrogen-bond acceptors (Lipinski definition) is 4. The van der Waals surface area contributed by atoms with Crippen molar-refractivity contribution in [1.82, 2.24) is 4.90 Å². The minimum Gasteiger partial charge on any atom is -0.387 e. The van der Waals surface area contributed by atoms with Crippen LogP contribution in [0, 0.1) is 11.8 Å². The van der Waals surface area contributed by atoms with Gasteiger partial charge in [-0.3, -0.25) is 4.79 Å². The van der Waals surface area contributed by atoms with Gasteiger partial charge in [0.25, 0.3) is 0 Å². The lowest BCUT2D eigenvalue weighted by atomic mass is 9.94. The molecule has 1 aromatic carbocycles. The van der Waals surface area contributed by atoms with Crippen LogP contribution in [0.5, 0.6) is 0 Å². The van der Waals surface area contributed by atoms with E-state index < -0.39 is 6.10 Å². The van der Waals surface area contributed by atoms with Gasteiger partial charge < -0.3 is 15.7 Å². The van der Waals surface area contributed by atoms with Gasteiger partial charge in [-0.1, -0.05) is 36.8 Å². The van der Waals surface area contributed by atoms with Gasteiger partial charge in [-0.25, -0.2) is 0 Å². The van der Waals surface area contributed by atoms with E-state index in [2.05, 4.69) is 0 Å². The molecule has 142 valence electrons. The van der Waals surface area contributed by atoms with Gasteiger partial charge >= 0.3 is 0 Å². The molecule has 3 atom stereocenters. The van der Waals surface area contributed by atoms with Crippen LogP contribution in [0.2, 0.25) is 0 Å². The first-order valence-electron chi connectivity index (χ1n) is 8.92. The molecule has 1 saturated carbocycles. The molecule has 3 rings (SSSR count). The monoisotopic (exact) mass is 394 g/mol. The molecule has 1 aromatic heterocycles. The largest absolute Gasteiger partial charge is 0.387 e. The topological polar surface area (TPSA) is 66.6 Å². The number of aliphatic hydroxyl groups is 1. The lowest BCUT2D eigenvalue weighted by Crippen LogP contribution is -2.40. The third-order valence-corrected chi connectivity index (χ3v) is 5.83. The molecule has 0 spiro atoms. The van der Waals surface area contributed by atoms with Gasteiger partial charge in [-0.2, -0.15) is 11.3 Å². The maximum atomic E-state index is 13.2. The zero-order valence-electron chi connectivity index (χ0n) is 14.8. The Kier molecular flexibility index (Phi) is 8.10. The van der Waals surface area contributed by atoms with E-state index in [0.717, 1.165) is 30.4 Å². The molecule has 3 N–H and O–H groups in total. The highest BCUT2D eigenvalue weighted by molar-refractivity contribution is 7.07. The molecule has 26 heavy (non-hydrogen) atoms. The average molecular weight is 395 g/mol. The Hall–Kier alpha value is -1.40. The predicted molar refractivity (Wildman–Crippen MR) is 108 cm³/mol. The van der Waals surface area contributed by atoms with Crippen molar-refractivity contribution in [2.24, 2.45) is 17.6 Å². The second kappa shape index (κ2) is 10.1. The zero-order chi connectivity index (χ0) is 17.6. The second-order valence-corrected chi connectivity index (χ2v) is 7.59. The molecule has 1 aliphatic carbocycles. The fourth-order valence-corrected chi connectivity index (χ4v) is 4.40. The van der Waals surface area contributed by atoms with E-state index >= 15 is 0 Å². The summed E-state index contributed by atoms with van der Waals surface area (Å²) in [5.74, 6) is 0.388. The van der Waals surface area contributed by atoms with Crippen molar-refractivity contribution in [3.63, 3.8) is 0 Å². The van der Waals surface area contributed by atoms with Gasteiger partial charge in [0.05, 0.1) is 12.6 Å². The van der Waals surface area contributed by atoms with Crippen LogP contribution in [0.1, 0.15) is 36.5 Å². The van der Waals surface area contributed by atoms with Crippen LogP contribution in [-0.2, 0) is 11.3 Å². The van der Waals surface area contributed by atoms with Crippen molar-refractivity contribution in [1.29, 1.82) is 0 Å². The minimum atomic E-state index is -0.656. The number of hydrogen-bond donors (Lipinski definition) is 2. The summed E-state index contributed by atoms with van der Waals surface area (Å²) >= 11 is 1.56. The smallest absolute Gasteiger partial charge is 0.226 e. The molecular formula is C20H27ClN2O2S. The summed E-state index contributed by atoms with van der Waals surface area (Å²) in [4.78, 5) is 15.0. The van der Waals surface area contributed by atoms with Gasteiger partial charge in [0, 0.05) is 12.5 Å². The highest BCUT2D eigenvalue weighted by Gasteiger charge is 2.35. The first-order valence-corrected chi connectivity index (χ1v) is 9.86. The van der Waals surface area contributed by atoms with Crippen molar-refractivity contribution in [3.8, 4) is 0 Å². The maximum Gasteiger partial charge on any atom is 0.226 e. The molecule has 6 heteroatoms. The summed E-state index contributed by atoms with van der Waals surface area (Å²) in [5, 5.41) is 14.4. The Morgan fingerprint density at radius 3 is 2.69 bits per heavy atom. The van der Waals surface area contributed by atoms with E-state index in [4.69, 9.17) is 5.73 Å². The predicted octanol–water partition coefficient (Wildman–Crippen LogP) is 3.61. The quantitative estimate of drug-likeness (QED) is 0.753. The van der Waals surface area contributed by atoms with Gasteiger partial charge in [-0.05, 0) is 53.3 Å². The van der Waals surface area contributed by atoms with Crippen molar-refractivity contribution in [2.45, 2.75) is 31.9 Å². The third-order valence-electron chi connectivity index (χ3n) is 5.13. The number of nitrogens with two attached hydrogens (primary N) is 1. The number of carbonyl (C=O) groups excluding carboxylic acids is 1. The van der Waals surface area contributed by atoms with E-state index in [1.54, 1.807) is 11.3 Å². The number of nitrogens with zero attached hydrogens (tertiary/aromatic N) is 1. The van der Waals surface area contributed by atoms with Gasteiger partial charge in [0.15, 0.2) is 0 Å². The first-order chi connectivity index (χ1) is 12.2. The van der Waals surface area contributed by atoms with E-state index in [0.29, 0.717) is 19.6 Å². The molecule has 4 nitrogen and oxygen atoms in total. The Balaban J connectivity index is 0.00000243. The SMILES string of the molecule is Cl.NC[C@H]1CCC[C@H]1C(=O)N(Cc1ccccc1)CC(O)c1ccsc1. The van der Waals surface area contributed by atoms with Gasteiger partial charge in [-0.15, -0.1) is 12.4 Å². The Morgan fingerprint density at radius 2 is 2.04 bits per heavy atom. The van der Waals surface area contributed by atoms with Crippen LogP contribution in [0.3, 0.4) is 0 Å². The summed E-state index contributed by atoms with van der Waals surface area (Å²) in [6.07, 6.45) is 2.33. The normalized spacial score (nSPS) is 20.4. The molecule has 1 amide bonds. The molecule has 0 saturated heterocycles. The molecule has 1 aliphatic rings. The molecule has 0 radical (unpaired) electrons. The third kappa shape index (κ3) is 5.07. The summed E-state index contributed by atoms with van der Waals surface area (Å²) < 4.78 is 0. The first kappa shape index (κ1) is 20.9. The number of halogens is 1. The van der Waals surface area contributed by atoms with Gasteiger partial charge in [0.2, 0.25) is 5.91 Å². The lowest BCUT2D eigenvalue weighted by molar-refractivity contribution is -0.138.